The van der Waals surface area contributed by atoms with Crippen LogP contribution in [-0.4, -0.2) is 44.3 Å². The highest BCUT2D eigenvalue weighted by molar-refractivity contribution is 5.99. The van der Waals surface area contributed by atoms with Crippen LogP contribution in [0.3, 0.4) is 0 Å². The molecule has 7 nitrogen and oxygen atoms in total. The largest absolute Gasteiger partial charge is 0.493 e. The molecule has 0 amide bonds. The highest BCUT2D eigenvalue weighted by Crippen LogP contribution is 2.39. The standard InChI is InChI=1S/C22H27NO6/c1-5-29-22(25)16-12-15-8-6-7-9-17(24)20(15)23(16)13-14-10-18(26-2)21(28-4)19(11-14)27-3/h10-12H,5-9,13H2,1-4H3. The smallest absolute Gasteiger partial charge is 0.354 e. The summed E-state index contributed by atoms with van der Waals surface area (Å²) in [5.41, 5.74) is 2.71. The summed E-state index contributed by atoms with van der Waals surface area (Å²) in [6, 6.07) is 5.45. The van der Waals surface area contributed by atoms with Gasteiger partial charge in [-0.3, -0.25) is 4.79 Å². The number of Topliss-reactive ketones (excluding diaryl/α,β-unsaturated/α-hetero) is 1. The third kappa shape index (κ3) is 4.09. The summed E-state index contributed by atoms with van der Waals surface area (Å²) in [6.45, 7) is 2.35. The Morgan fingerprint density at radius 1 is 1.00 bits per heavy atom. The van der Waals surface area contributed by atoms with E-state index in [1.807, 2.05) is 12.1 Å². The Morgan fingerprint density at radius 2 is 1.66 bits per heavy atom. The molecule has 1 aromatic carbocycles. The van der Waals surface area contributed by atoms with Crippen LogP contribution in [-0.2, 0) is 17.7 Å². The van der Waals surface area contributed by atoms with Gasteiger partial charge in [-0.2, -0.15) is 0 Å². The van der Waals surface area contributed by atoms with E-state index in [2.05, 4.69) is 0 Å². The van der Waals surface area contributed by atoms with Gasteiger partial charge in [0.25, 0.3) is 0 Å². The molecule has 1 aromatic heterocycles. The molecule has 7 heteroatoms. The molecule has 29 heavy (non-hydrogen) atoms. The van der Waals surface area contributed by atoms with Crippen molar-refractivity contribution < 1.29 is 28.5 Å². The first-order valence-electron chi connectivity index (χ1n) is 9.75. The van der Waals surface area contributed by atoms with E-state index in [0.29, 0.717) is 41.6 Å². The van der Waals surface area contributed by atoms with Gasteiger partial charge in [-0.05, 0) is 55.5 Å². The van der Waals surface area contributed by atoms with Crippen LogP contribution in [0, 0.1) is 0 Å². The number of carbonyl (C=O) groups excluding carboxylic acids is 2. The summed E-state index contributed by atoms with van der Waals surface area (Å²) in [4.78, 5) is 25.4. The van der Waals surface area contributed by atoms with Gasteiger partial charge in [0.2, 0.25) is 5.75 Å². The van der Waals surface area contributed by atoms with E-state index in [0.717, 1.165) is 30.4 Å². The second kappa shape index (κ2) is 9.03. The summed E-state index contributed by atoms with van der Waals surface area (Å²) in [6.07, 6.45) is 3.03. The Morgan fingerprint density at radius 3 is 2.24 bits per heavy atom. The Balaban J connectivity index is 2.11. The molecular weight excluding hydrogens is 374 g/mol. The number of aryl methyl sites for hydroxylation is 1. The third-order valence-corrected chi connectivity index (χ3v) is 5.09. The van der Waals surface area contributed by atoms with Crippen LogP contribution in [0.4, 0.5) is 0 Å². The van der Waals surface area contributed by atoms with Crippen LogP contribution >= 0.6 is 0 Å². The number of aromatic nitrogens is 1. The van der Waals surface area contributed by atoms with Crippen molar-refractivity contribution in [1.29, 1.82) is 0 Å². The average molecular weight is 401 g/mol. The van der Waals surface area contributed by atoms with Crippen molar-refractivity contribution in [3.63, 3.8) is 0 Å². The summed E-state index contributed by atoms with van der Waals surface area (Å²) in [5, 5.41) is 0. The molecule has 1 aliphatic carbocycles. The lowest BCUT2D eigenvalue weighted by molar-refractivity contribution is 0.0514. The second-order valence-electron chi connectivity index (χ2n) is 6.87. The first kappa shape index (κ1) is 20.8. The fourth-order valence-corrected chi connectivity index (χ4v) is 3.79. The van der Waals surface area contributed by atoms with Crippen molar-refractivity contribution >= 4 is 11.8 Å². The highest BCUT2D eigenvalue weighted by atomic mass is 16.5. The maximum atomic E-state index is 12.8. The Labute approximate surface area is 170 Å². The predicted octanol–water partition coefficient (Wildman–Crippen LogP) is 3.65. The molecule has 2 aromatic rings. The molecule has 3 rings (SSSR count). The van der Waals surface area contributed by atoms with Crippen LogP contribution in [0.25, 0.3) is 0 Å². The number of hydrogen-bond donors (Lipinski definition) is 0. The normalized spacial score (nSPS) is 13.4. The van der Waals surface area contributed by atoms with Crippen molar-refractivity contribution in [1.82, 2.24) is 4.57 Å². The molecule has 0 aliphatic heterocycles. The number of nitrogens with zero attached hydrogens (tertiary/aromatic N) is 1. The number of carbonyl (C=O) groups is 2. The van der Waals surface area contributed by atoms with Crippen LogP contribution in [0.1, 0.15) is 58.3 Å². The van der Waals surface area contributed by atoms with Crippen molar-refractivity contribution in [2.75, 3.05) is 27.9 Å². The van der Waals surface area contributed by atoms with Crippen molar-refractivity contribution in [3.8, 4) is 17.2 Å². The van der Waals surface area contributed by atoms with Crippen molar-refractivity contribution in [2.45, 2.75) is 39.2 Å². The summed E-state index contributed by atoms with van der Waals surface area (Å²) >= 11 is 0. The zero-order chi connectivity index (χ0) is 21.0. The first-order valence-corrected chi connectivity index (χ1v) is 9.75. The van der Waals surface area contributed by atoms with E-state index < -0.39 is 5.97 Å². The monoisotopic (exact) mass is 401 g/mol. The zero-order valence-electron chi connectivity index (χ0n) is 17.4. The second-order valence-corrected chi connectivity index (χ2v) is 6.87. The lowest BCUT2D eigenvalue weighted by Crippen LogP contribution is -2.17. The van der Waals surface area contributed by atoms with Crippen LogP contribution < -0.4 is 14.2 Å². The summed E-state index contributed by atoms with van der Waals surface area (Å²) < 4.78 is 23.3. The third-order valence-electron chi connectivity index (χ3n) is 5.09. The highest BCUT2D eigenvalue weighted by Gasteiger charge is 2.27. The lowest BCUT2D eigenvalue weighted by atomic mass is 10.1. The molecule has 0 atom stereocenters. The number of ketones is 1. The number of esters is 1. The molecule has 0 fully saturated rings. The van der Waals surface area contributed by atoms with E-state index in [1.165, 1.54) is 0 Å². The quantitative estimate of drug-likeness (QED) is 0.521. The molecule has 0 bridgehead atoms. The molecule has 0 unspecified atom stereocenters. The van der Waals surface area contributed by atoms with Gasteiger partial charge in [-0.25, -0.2) is 4.79 Å². The fourth-order valence-electron chi connectivity index (χ4n) is 3.79. The molecule has 0 saturated carbocycles. The van der Waals surface area contributed by atoms with Gasteiger partial charge in [0.1, 0.15) is 5.69 Å². The molecule has 0 radical (unpaired) electrons. The van der Waals surface area contributed by atoms with Crippen LogP contribution in [0.5, 0.6) is 17.2 Å². The number of benzene rings is 1. The maximum Gasteiger partial charge on any atom is 0.354 e. The topological polar surface area (TPSA) is 76.0 Å². The van der Waals surface area contributed by atoms with Crippen LogP contribution in [0.15, 0.2) is 18.2 Å². The number of ether oxygens (including phenoxy) is 4. The minimum absolute atomic E-state index is 0.0560. The molecule has 156 valence electrons. The fraction of sp³-hybridized carbons (Fsp3) is 0.455. The molecule has 1 heterocycles. The number of methoxy groups -OCH3 is 3. The van der Waals surface area contributed by atoms with Gasteiger partial charge in [0.15, 0.2) is 17.3 Å². The maximum absolute atomic E-state index is 12.8. The van der Waals surface area contributed by atoms with Crippen LogP contribution in [0.2, 0.25) is 0 Å². The molecule has 0 N–H and O–H groups in total. The number of hydrogen-bond acceptors (Lipinski definition) is 6. The first-order chi connectivity index (χ1) is 14.0. The Kier molecular flexibility index (Phi) is 6.46. The van der Waals surface area contributed by atoms with E-state index >= 15 is 0 Å². The summed E-state index contributed by atoms with van der Waals surface area (Å²) in [7, 11) is 4.65. The van der Waals surface area contributed by atoms with E-state index in [9.17, 15) is 9.59 Å². The van der Waals surface area contributed by atoms with Gasteiger partial charge >= 0.3 is 5.97 Å². The molecular formula is C22H27NO6. The van der Waals surface area contributed by atoms with E-state index in [-0.39, 0.29) is 12.4 Å². The molecule has 1 aliphatic rings. The Hall–Kier alpha value is -2.96. The summed E-state index contributed by atoms with van der Waals surface area (Å²) in [5.74, 6) is 1.15. The molecule has 0 saturated heterocycles. The minimum atomic E-state index is -0.430. The van der Waals surface area contributed by atoms with Gasteiger partial charge < -0.3 is 23.5 Å². The van der Waals surface area contributed by atoms with Gasteiger partial charge in [-0.15, -0.1) is 0 Å². The SMILES string of the molecule is CCOC(=O)c1cc2c(n1Cc1cc(OC)c(OC)c(OC)c1)C(=O)CCCC2. The van der Waals surface area contributed by atoms with Gasteiger partial charge in [0.05, 0.1) is 33.6 Å². The van der Waals surface area contributed by atoms with Gasteiger partial charge in [0, 0.05) is 13.0 Å². The van der Waals surface area contributed by atoms with E-state index in [4.69, 9.17) is 18.9 Å². The molecule has 0 spiro atoms. The van der Waals surface area contributed by atoms with Gasteiger partial charge in [-0.1, -0.05) is 0 Å². The minimum Gasteiger partial charge on any atom is -0.493 e. The number of fused-ring (bicyclic) bond motifs is 1. The van der Waals surface area contributed by atoms with Crippen molar-refractivity contribution in [2.24, 2.45) is 0 Å². The predicted molar refractivity (Wildman–Crippen MR) is 107 cm³/mol. The van der Waals surface area contributed by atoms with E-state index in [1.54, 1.807) is 38.9 Å². The Bertz CT molecular complexity index is 889. The average Bonchev–Trinajstić information content (AvgIpc) is 2.97. The number of rotatable bonds is 7. The lowest BCUT2D eigenvalue weighted by Gasteiger charge is -2.17. The van der Waals surface area contributed by atoms with Crippen molar-refractivity contribution in [3.05, 3.63) is 40.7 Å². The zero-order valence-corrected chi connectivity index (χ0v) is 17.4.